The summed E-state index contributed by atoms with van der Waals surface area (Å²) in [4.78, 5) is 2.51. The molecule has 1 saturated carbocycles. The van der Waals surface area contributed by atoms with E-state index in [-0.39, 0.29) is 0 Å². The Kier molecular flexibility index (Phi) is 4.46. The molecule has 20 heavy (non-hydrogen) atoms. The summed E-state index contributed by atoms with van der Waals surface area (Å²) >= 11 is 0. The van der Waals surface area contributed by atoms with Crippen LogP contribution in [0.15, 0.2) is 24.3 Å². The summed E-state index contributed by atoms with van der Waals surface area (Å²) in [5, 5.41) is 3.74. The van der Waals surface area contributed by atoms with Crippen LogP contribution in [0.25, 0.3) is 0 Å². The third-order valence-electron chi connectivity index (χ3n) is 4.84. The van der Waals surface area contributed by atoms with E-state index in [1.54, 1.807) is 7.11 Å². The Hall–Kier alpha value is -1.22. The maximum absolute atomic E-state index is 5.35. The van der Waals surface area contributed by atoms with Gasteiger partial charge in [-0.3, -0.25) is 0 Å². The fourth-order valence-corrected chi connectivity index (χ4v) is 3.67. The number of hydrogen-bond donors (Lipinski definition) is 1. The SMILES string of the molecule is COc1cccc(N2CCNC(C3CCCCC3)C2)c1. The first kappa shape index (κ1) is 13.7. The fourth-order valence-electron chi connectivity index (χ4n) is 3.67. The van der Waals surface area contributed by atoms with E-state index in [0.717, 1.165) is 31.3 Å². The average Bonchev–Trinajstić information content (AvgIpc) is 2.56. The first-order chi connectivity index (χ1) is 9.86. The van der Waals surface area contributed by atoms with E-state index in [2.05, 4.69) is 28.4 Å². The third kappa shape index (κ3) is 3.09. The number of piperazine rings is 1. The zero-order chi connectivity index (χ0) is 13.8. The van der Waals surface area contributed by atoms with Crippen LogP contribution in [0.2, 0.25) is 0 Å². The van der Waals surface area contributed by atoms with Gasteiger partial charge in [0.2, 0.25) is 0 Å². The van der Waals surface area contributed by atoms with Crippen molar-refractivity contribution in [1.29, 1.82) is 0 Å². The van der Waals surface area contributed by atoms with Crippen LogP contribution < -0.4 is 15.0 Å². The van der Waals surface area contributed by atoms with Crippen LogP contribution >= 0.6 is 0 Å². The Labute approximate surface area is 122 Å². The van der Waals surface area contributed by atoms with Gasteiger partial charge in [-0.2, -0.15) is 0 Å². The molecular formula is C17H26N2O. The molecule has 1 saturated heterocycles. The van der Waals surface area contributed by atoms with Crippen molar-refractivity contribution in [3.05, 3.63) is 24.3 Å². The van der Waals surface area contributed by atoms with Crippen LogP contribution in [-0.4, -0.2) is 32.8 Å². The molecule has 1 aromatic rings. The van der Waals surface area contributed by atoms with E-state index in [0.29, 0.717) is 6.04 Å². The van der Waals surface area contributed by atoms with Crippen molar-refractivity contribution >= 4 is 5.69 Å². The van der Waals surface area contributed by atoms with Crippen LogP contribution in [0.3, 0.4) is 0 Å². The maximum atomic E-state index is 5.35. The molecule has 1 unspecified atom stereocenters. The summed E-state index contributed by atoms with van der Waals surface area (Å²) in [6, 6.07) is 9.13. The number of nitrogens with zero attached hydrogens (tertiary/aromatic N) is 1. The van der Waals surface area contributed by atoms with E-state index in [1.807, 2.05) is 6.07 Å². The molecule has 0 spiro atoms. The Morgan fingerprint density at radius 3 is 2.85 bits per heavy atom. The second-order valence-corrected chi connectivity index (χ2v) is 6.11. The Morgan fingerprint density at radius 1 is 1.20 bits per heavy atom. The lowest BCUT2D eigenvalue weighted by molar-refractivity contribution is 0.257. The van der Waals surface area contributed by atoms with Crippen molar-refractivity contribution in [2.24, 2.45) is 5.92 Å². The van der Waals surface area contributed by atoms with E-state index in [9.17, 15) is 0 Å². The molecule has 0 bridgehead atoms. The Bertz CT molecular complexity index is 429. The molecule has 1 N–H and O–H groups in total. The molecule has 0 aromatic heterocycles. The number of nitrogens with one attached hydrogen (secondary N) is 1. The number of anilines is 1. The fraction of sp³-hybridized carbons (Fsp3) is 0.647. The lowest BCUT2D eigenvalue weighted by Crippen LogP contribution is -2.54. The second-order valence-electron chi connectivity index (χ2n) is 6.11. The van der Waals surface area contributed by atoms with Gasteiger partial charge in [0.25, 0.3) is 0 Å². The van der Waals surface area contributed by atoms with Crippen molar-refractivity contribution in [3.8, 4) is 5.75 Å². The lowest BCUT2D eigenvalue weighted by atomic mass is 9.83. The summed E-state index contributed by atoms with van der Waals surface area (Å²) < 4.78 is 5.35. The molecule has 2 fully saturated rings. The molecule has 2 aliphatic rings. The van der Waals surface area contributed by atoms with Crippen LogP contribution in [0.4, 0.5) is 5.69 Å². The maximum Gasteiger partial charge on any atom is 0.120 e. The van der Waals surface area contributed by atoms with Crippen LogP contribution in [0.5, 0.6) is 5.75 Å². The van der Waals surface area contributed by atoms with Gasteiger partial charge < -0.3 is 15.0 Å². The van der Waals surface area contributed by atoms with Crippen LogP contribution in [-0.2, 0) is 0 Å². The Balaban J connectivity index is 1.67. The van der Waals surface area contributed by atoms with Gasteiger partial charge in [-0.1, -0.05) is 25.3 Å². The molecule has 1 atom stereocenters. The van der Waals surface area contributed by atoms with Gasteiger partial charge in [-0.15, -0.1) is 0 Å². The minimum absolute atomic E-state index is 0.662. The van der Waals surface area contributed by atoms with Crippen molar-refractivity contribution in [2.75, 3.05) is 31.6 Å². The van der Waals surface area contributed by atoms with Gasteiger partial charge >= 0.3 is 0 Å². The molecule has 3 nitrogen and oxygen atoms in total. The van der Waals surface area contributed by atoms with Crippen LogP contribution in [0, 0.1) is 5.92 Å². The first-order valence-electron chi connectivity index (χ1n) is 7.99. The molecule has 3 heteroatoms. The summed E-state index contributed by atoms with van der Waals surface area (Å²) in [6.07, 6.45) is 7.08. The number of methoxy groups -OCH3 is 1. The topological polar surface area (TPSA) is 24.5 Å². The highest BCUT2D eigenvalue weighted by molar-refractivity contribution is 5.51. The summed E-state index contributed by atoms with van der Waals surface area (Å²) in [5.74, 6) is 1.83. The average molecular weight is 274 g/mol. The smallest absolute Gasteiger partial charge is 0.120 e. The third-order valence-corrected chi connectivity index (χ3v) is 4.84. The quantitative estimate of drug-likeness (QED) is 0.917. The minimum Gasteiger partial charge on any atom is -0.497 e. The molecule has 1 aliphatic carbocycles. The van der Waals surface area contributed by atoms with Gasteiger partial charge in [0.1, 0.15) is 5.75 Å². The summed E-state index contributed by atoms with van der Waals surface area (Å²) in [6.45, 7) is 3.33. The van der Waals surface area contributed by atoms with E-state index < -0.39 is 0 Å². The number of hydrogen-bond acceptors (Lipinski definition) is 3. The highest BCUT2D eigenvalue weighted by atomic mass is 16.5. The number of benzene rings is 1. The van der Waals surface area contributed by atoms with Gasteiger partial charge in [0.05, 0.1) is 7.11 Å². The largest absolute Gasteiger partial charge is 0.497 e. The normalized spacial score (nSPS) is 24.6. The monoisotopic (exact) mass is 274 g/mol. The highest BCUT2D eigenvalue weighted by Gasteiger charge is 2.28. The van der Waals surface area contributed by atoms with Gasteiger partial charge in [-0.05, 0) is 30.9 Å². The van der Waals surface area contributed by atoms with E-state index in [4.69, 9.17) is 4.74 Å². The van der Waals surface area contributed by atoms with Crippen molar-refractivity contribution in [2.45, 2.75) is 38.1 Å². The molecule has 1 heterocycles. The number of ether oxygens (including phenoxy) is 1. The predicted octanol–water partition coefficient (Wildman–Crippen LogP) is 3.05. The standard InChI is InChI=1S/C17H26N2O/c1-20-16-9-5-8-15(12-16)19-11-10-18-17(13-19)14-6-3-2-4-7-14/h5,8-9,12,14,17-18H,2-4,6-7,10-11,13H2,1H3. The van der Waals surface area contributed by atoms with Gasteiger partial charge in [0, 0.05) is 37.4 Å². The molecular weight excluding hydrogens is 248 g/mol. The first-order valence-corrected chi connectivity index (χ1v) is 7.99. The molecule has 110 valence electrons. The molecule has 1 aliphatic heterocycles. The van der Waals surface area contributed by atoms with Crippen LogP contribution in [0.1, 0.15) is 32.1 Å². The van der Waals surface area contributed by atoms with Crippen molar-refractivity contribution < 1.29 is 4.74 Å². The van der Waals surface area contributed by atoms with E-state index >= 15 is 0 Å². The summed E-state index contributed by atoms with van der Waals surface area (Å²) in [5.41, 5.74) is 1.30. The molecule has 0 amide bonds. The minimum atomic E-state index is 0.662. The molecule has 1 aromatic carbocycles. The van der Waals surface area contributed by atoms with Crippen molar-refractivity contribution in [3.63, 3.8) is 0 Å². The Morgan fingerprint density at radius 2 is 2.05 bits per heavy atom. The summed E-state index contributed by atoms with van der Waals surface area (Å²) in [7, 11) is 1.74. The van der Waals surface area contributed by atoms with Gasteiger partial charge in [-0.25, -0.2) is 0 Å². The second kappa shape index (κ2) is 6.49. The number of rotatable bonds is 3. The van der Waals surface area contributed by atoms with Crippen molar-refractivity contribution in [1.82, 2.24) is 5.32 Å². The predicted molar refractivity (Wildman–Crippen MR) is 83.6 cm³/mol. The van der Waals surface area contributed by atoms with Gasteiger partial charge in [0.15, 0.2) is 0 Å². The highest BCUT2D eigenvalue weighted by Crippen LogP contribution is 2.29. The van der Waals surface area contributed by atoms with E-state index in [1.165, 1.54) is 37.8 Å². The molecule has 3 rings (SSSR count). The zero-order valence-electron chi connectivity index (χ0n) is 12.5. The lowest BCUT2D eigenvalue weighted by Gasteiger charge is -2.40. The molecule has 0 radical (unpaired) electrons. The zero-order valence-corrected chi connectivity index (χ0v) is 12.5.